The SMILES string of the molecule is COc1cc(F)ccc1C1=NC(Nc2cccc(CS(C)(=N)=O)c2)N(C)C=N1. The number of rotatable bonds is 6. The molecule has 7 nitrogen and oxygen atoms in total. The van der Waals surface area contributed by atoms with Crippen LogP contribution in [-0.4, -0.2) is 48.0 Å². The molecular weight excluding hydrogens is 381 g/mol. The quantitative estimate of drug-likeness (QED) is 0.775. The van der Waals surface area contributed by atoms with E-state index in [9.17, 15) is 8.60 Å². The molecule has 0 fully saturated rings. The summed E-state index contributed by atoms with van der Waals surface area (Å²) in [4.78, 5) is 10.7. The summed E-state index contributed by atoms with van der Waals surface area (Å²) in [6, 6.07) is 11.6. The summed E-state index contributed by atoms with van der Waals surface area (Å²) in [6.07, 6.45) is 2.61. The number of ether oxygens (including phenoxy) is 1. The topological polar surface area (TPSA) is 90.1 Å². The molecule has 28 heavy (non-hydrogen) atoms. The van der Waals surface area contributed by atoms with Gasteiger partial charge in [0.1, 0.15) is 11.6 Å². The number of anilines is 1. The minimum absolute atomic E-state index is 0.186. The average Bonchev–Trinajstić information content (AvgIpc) is 2.62. The summed E-state index contributed by atoms with van der Waals surface area (Å²) >= 11 is 0. The van der Waals surface area contributed by atoms with Gasteiger partial charge in [0.15, 0.2) is 12.1 Å². The molecule has 9 heteroatoms. The second-order valence-corrected chi connectivity index (χ2v) is 8.87. The van der Waals surface area contributed by atoms with Crippen LogP contribution in [0.1, 0.15) is 11.1 Å². The van der Waals surface area contributed by atoms with Crippen LogP contribution in [0.5, 0.6) is 5.75 Å². The molecule has 2 atom stereocenters. The summed E-state index contributed by atoms with van der Waals surface area (Å²) in [6.45, 7) is 0. The molecule has 0 radical (unpaired) electrons. The van der Waals surface area contributed by atoms with Crippen molar-refractivity contribution >= 4 is 27.6 Å². The van der Waals surface area contributed by atoms with E-state index in [0.29, 0.717) is 17.1 Å². The molecule has 0 spiro atoms. The molecule has 0 bridgehead atoms. The number of amidine groups is 1. The van der Waals surface area contributed by atoms with E-state index in [1.165, 1.54) is 25.5 Å². The Balaban J connectivity index is 1.86. The van der Waals surface area contributed by atoms with Crippen LogP contribution in [0.4, 0.5) is 10.1 Å². The third kappa shape index (κ3) is 4.86. The van der Waals surface area contributed by atoms with E-state index in [-0.39, 0.29) is 5.75 Å². The van der Waals surface area contributed by atoms with Crippen molar-refractivity contribution in [3.63, 3.8) is 0 Å². The van der Waals surface area contributed by atoms with Crippen molar-refractivity contribution in [2.45, 2.75) is 12.0 Å². The van der Waals surface area contributed by atoms with Crippen LogP contribution in [0.25, 0.3) is 0 Å². The monoisotopic (exact) mass is 403 g/mol. The summed E-state index contributed by atoms with van der Waals surface area (Å²) < 4.78 is 38.1. The highest BCUT2D eigenvalue weighted by molar-refractivity contribution is 7.90. The molecule has 1 heterocycles. The Morgan fingerprint density at radius 1 is 1.32 bits per heavy atom. The highest BCUT2D eigenvalue weighted by Gasteiger charge is 2.20. The first kappa shape index (κ1) is 19.8. The summed E-state index contributed by atoms with van der Waals surface area (Å²) in [5.74, 6) is 0.568. The van der Waals surface area contributed by atoms with Gasteiger partial charge in [-0.05, 0) is 29.8 Å². The van der Waals surface area contributed by atoms with Crippen LogP contribution in [-0.2, 0) is 15.5 Å². The van der Waals surface area contributed by atoms with E-state index in [1.54, 1.807) is 17.3 Å². The Bertz CT molecular complexity index is 1040. The van der Waals surface area contributed by atoms with E-state index in [0.717, 1.165) is 11.3 Å². The van der Waals surface area contributed by atoms with Crippen molar-refractivity contribution < 1.29 is 13.3 Å². The van der Waals surface area contributed by atoms with Crippen LogP contribution < -0.4 is 10.1 Å². The zero-order valence-electron chi connectivity index (χ0n) is 15.8. The number of aliphatic imine (C=N–C) groups is 2. The molecule has 148 valence electrons. The molecule has 2 N–H and O–H groups in total. The minimum Gasteiger partial charge on any atom is -0.496 e. The Morgan fingerprint density at radius 3 is 2.82 bits per heavy atom. The van der Waals surface area contributed by atoms with Gasteiger partial charge >= 0.3 is 0 Å². The fourth-order valence-electron chi connectivity index (χ4n) is 2.79. The molecule has 3 rings (SSSR count). The Hall–Kier alpha value is -2.94. The molecule has 2 unspecified atom stereocenters. The molecule has 2 aromatic rings. The van der Waals surface area contributed by atoms with E-state index in [1.807, 2.05) is 31.3 Å². The van der Waals surface area contributed by atoms with Crippen LogP contribution in [0.15, 0.2) is 52.4 Å². The van der Waals surface area contributed by atoms with E-state index < -0.39 is 21.8 Å². The predicted octanol–water partition coefficient (Wildman–Crippen LogP) is 3.13. The van der Waals surface area contributed by atoms with Gasteiger partial charge in [-0.1, -0.05) is 12.1 Å². The van der Waals surface area contributed by atoms with Gasteiger partial charge in [-0.3, -0.25) is 4.78 Å². The normalized spacial score (nSPS) is 18.4. The second kappa shape index (κ2) is 7.97. The fraction of sp³-hybridized carbons (Fsp3) is 0.263. The maximum Gasteiger partial charge on any atom is 0.199 e. The first-order valence-corrected chi connectivity index (χ1v) is 10.6. The van der Waals surface area contributed by atoms with Crippen molar-refractivity contribution in [3.05, 3.63) is 59.4 Å². The van der Waals surface area contributed by atoms with Crippen molar-refractivity contribution in [2.24, 2.45) is 9.98 Å². The Labute approximate surface area is 163 Å². The van der Waals surface area contributed by atoms with Crippen molar-refractivity contribution in [3.8, 4) is 5.75 Å². The smallest absolute Gasteiger partial charge is 0.199 e. The number of nitrogens with zero attached hydrogens (tertiary/aromatic N) is 3. The highest BCUT2D eigenvalue weighted by atomic mass is 32.2. The third-order valence-corrected chi connectivity index (χ3v) is 4.95. The molecule has 0 amide bonds. The highest BCUT2D eigenvalue weighted by Crippen LogP contribution is 2.23. The van der Waals surface area contributed by atoms with E-state index in [2.05, 4.69) is 15.3 Å². The number of hydrogen-bond acceptors (Lipinski definition) is 7. The van der Waals surface area contributed by atoms with Gasteiger partial charge in [-0.2, -0.15) is 0 Å². The molecule has 1 aliphatic rings. The van der Waals surface area contributed by atoms with Gasteiger partial charge in [-0.15, -0.1) is 0 Å². The lowest BCUT2D eigenvalue weighted by Crippen LogP contribution is -2.39. The average molecular weight is 403 g/mol. The lowest BCUT2D eigenvalue weighted by molar-refractivity contribution is 0.407. The Kier molecular flexibility index (Phi) is 5.64. The first-order valence-electron chi connectivity index (χ1n) is 8.50. The van der Waals surface area contributed by atoms with Crippen LogP contribution in [0.2, 0.25) is 0 Å². The Morgan fingerprint density at radius 2 is 2.11 bits per heavy atom. The predicted molar refractivity (Wildman–Crippen MR) is 110 cm³/mol. The maximum absolute atomic E-state index is 13.5. The maximum atomic E-state index is 13.5. The summed E-state index contributed by atoms with van der Waals surface area (Å²) in [7, 11) is 0.673. The molecule has 0 aromatic heterocycles. The zero-order chi connectivity index (χ0) is 20.3. The van der Waals surface area contributed by atoms with Crippen LogP contribution >= 0.6 is 0 Å². The number of benzene rings is 2. The number of hydrogen-bond donors (Lipinski definition) is 2. The van der Waals surface area contributed by atoms with Crippen LogP contribution in [0, 0.1) is 10.6 Å². The van der Waals surface area contributed by atoms with Gasteiger partial charge in [0.05, 0.1) is 24.8 Å². The number of methoxy groups -OCH3 is 1. The summed E-state index contributed by atoms with van der Waals surface area (Å²) in [5, 5.41) is 3.28. The molecule has 2 aromatic carbocycles. The molecular formula is C19H22FN5O2S. The lowest BCUT2D eigenvalue weighted by Gasteiger charge is -2.28. The van der Waals surface area contributed by atoms with E-state index in [4.69, 9.17) is 9.52 Å². The molecule has 0 saturated heterocycles. The van der Waals surface area contributed by atoms with Gasteiger partial charge in [0.25, 0.3) is 0 Å². The van der Waals surface area contributed by atoms with Crippen molar-refractivity contribution in [1.82, 2.24) is 4.90 Å². The fourth-order valence-corrected chi connectivity index (χ4v) is 3.61. The third-order valence-electron chi connectivity index (χ3n) is 4.06. The standard InChI is InChI=1S/C19H22FN5O2S/c1-25-12-22-18(16-8-7-14(20)10-17(16)27-2)24-19(25)23-15-6-4-5-13(9-15)11-28(3,21)26/h4-10,12,19,21,23H,11H2,1-3H3. The first-order chi connectivity index (χ1) is 13.2. The van der Waals surface area contributed by atoms with Gasteiger partial charge in [-0.25, -0.2) is 18.6 Å². The largest absolute Gasteiger partial charge is 0.496 e. The lowest BCUT2D eigenvalue weighted by atomic mass is 10.1. The van der Waals surface area contributed by atoms with Crippen LogP contribution in [0.3, 0.4) is 0 Å². The van der Waals surface area contributed by atoms with Crippen molar-refractivity contribution in [1.29, 1.82) is 4.78 Å². The number of halogens is 1. The second-order valence-electron chi connectivity index (χ2n) is 6.58. The zero-order valence-corrected chi connectivity index (χ0v) is 16.7. The molecule has 0 aliphatic carbocycles. The van der Waals surface area contributed by atoms with Gasteiger partial charge in [0.2, 0.25) is 0 Å². The number of nitrogens with one attached hydrogen (secondary N) is 2. The van der Waals surface area contributed by atoms with Crippen molar-refractivity contribution in [2.75, 3.05) is 25.7 Å². The molecule has 1 aliphatic heterocycles. The minimum atomic E-state index is -2.63. The summed E-state index contributed by atoms with van der Waals surface area (Å²) in [5.41, 5.74) is 2.18. The van der Waals surface area contributed by atoms with E-state index >= 15 is 0 Å². The van der Waals surface area contributed by atoms with Gasteiger partial charge in [0, 0.05) is 34.8 Å². The molecule has 0 saturated carbocycles. The van der Waals surface area contributed by atoms with Gasteiger partial charge < -0.3 is 15.0 Å².